The van der Waals surface area contributed by atoms with Crippen molar-refractivity contribution in [3.63, 3.8) is 0 Å². The molecule has 11 nitrogen and oxygen atoms in total. The van der Waals surface area contributed by atoms with Crippen molar-refractivity contribution in [2.75, 3.05) is 39.4 Å². The van der Waals surface area contributed by atoms with Crippen molar-refractivity contribution in [2.24, 2.45) is 0 Å². The summed E-state index contributed by atoms with van der Waals surface area (Å²) in [6.07, 6.45) is 2.46. The van der Waals surface area contributed by atoms with Gasteiger partial charge in [0.25, 0.3) is 5.69 Å². The van der Waals surface area contributed by atoms with Gasteiger partial charge in [-0.15, -0.1) is 0 Å². The zero-order valence-corrected chi connectivity index (χ0v) is 16.9. The molecule has 2 aliphatic heterocycles. The number of nitro benzene ring substituents is 1. The summed E-state index contributed by atoms with van der Waals surface area (Å²) in [5.41, 5.74) is -0.956. The van der Waals surface area contributed by atoms with Gasteiger partial charge in [0.1, 0.15) is 18.8 Å². The van der Waals surface area contributed by atoms with Gasteiger partial charge in [0.2, 0.25) is 11.8 Å². The average molecular weight is 433 g/mol. The maximum absolute atomic E-state index is 12.3. The fourth-order valence-corrected chi connectivity index (χ4v) is 3.52. The number of carbonyl (C=O) groups is 4. The Morgan fingerprint density at radius 1 is 0.935 bits per heavy atom. The Labute approximate surface area is 178 Å². The number of benzene rings is 1. The summed E-state index contributed by atoms with van der Waals surface area (Å²) in [4.78, 5) is 61.4. The van der Waals surface area contributed by atoms with Gasteiger partial charge in [0, 0.05) is 32.0 Å². The van der Waals surface area contributed by atoms with Crippen molar-refractivity contribution < 1.29 is 33.6 Å². The fraction of sp³-hybridized carbons (Fsp3) is 0.500. The summed E-state index contributed by atoms with van der Waals surface area (Å²) >= 11 is 0. The van der Waals surface area contributed by atoms with Crippen molar-refractivity contribution >= 4 is 29.4 Å². The SMILES string of the molecule is O=C(OCCN1CCCC1=O)c1ccc(C(=O)OCCN2CCCC2=O)c([N+](=O)[O-])c1. The van der Waals surface area contributed by atoms with Gasteiger partial charge in [0.05, 0.1) is 23.6 Å². The molecule has 2 heterocycles. The highest BCUT2D eigenvalue weighted by molar-refractivity contribution is 5.97. The van der Waals surface area contributed by atoms with Gasteiger partial charge in [-0.3, -0.25) is 19.7 Å². The number of likely N-dealkylation sites (tertiary alicyclic amines) is 2. The Bertz CT molecular complexity index is 900. The molecule has 0 aliphatic carbocycles. The lowest BCUT2D eigenvalue weighted by atomic mass is 10.1. The second kappa shape index (κ2) is 10.0. The normalized spacial score (nSPS) is 16.0. The topological polar surface area (TPSA) is 136 Å². The number of nitro groups is 1. The van der Waals surface area contributed by atoms with Gasteiger partial charge in [0.15, 0.2) is 0 Å². The maximum Gasteiger partial charge on any atom is 0.345 e. The molecule has 0 spiro atoms. The molecule has 11 heteroatoms. The standard InChI is InChI=1S/C20H23N3O8/c24-17-3-1-7-21(17)9-11-30-19(26)14-5-6-15(16(13-14)23(28)29)20(27)31-12-10-22-8-2-4-18(22)25/h5-6,13H,1-4,7-12H2. The zero-order valence-electron chi connectivity index (χ0n) is 16.9. The highest BCUT2D eigenvalue weighted by Gasteiger charge is 2.26. The minimum absolute atomic E-state index is 0.00338. The summed E-state index contributed by atoms with van der Waals surface area (Å²) in [6, 6.07) is 3.35. The van der Waals surface area contributed by atoms with E-state index in [1.165, 1.54) is 6.07 Å². The van der Waals surface area contributed by atoms with E-state index >= 15 is 0 Å². The highest BCUT2D eigenvalue weighted by atomic mass is 16.6. The summed E-state index contributed by atoms with van der Waals surface area (Å²) in [5, 5.41) is 11.4. The Morgan fingerprint density at radius 2 is 1.48 bits per heavy atom. The fourth-order valence-electron chi connectivity index (χ4n) is 3.52. The van der Waals surface area contributed by atoms with Crippen LogP contribution in [0.4, 0.5) is 5.69 Å². The molecule has 0 unspecified atom stereocenters. The van der Waals surface area contributed by atoms with Crippen molar-refractivity contribution in [3.8, 4) is 0 Å². The van der Waals surface area contributed by atoms with Gasteiger partial charge in [-0.25, -0.2) is 9.59 Å². The van der Waals surface area contributed by atoms with E-state index in [4.69, 9.17) is 9.47 Å². The second-order valence-electron chi connectivity index (χ2n) is 7.23. The predicted molar refractivity (Wildman–Crippen MR) is 105 cm³/mol. The van der Waals surface area contributed by atoms with Crippen LogP contribution in [0.15, 0.2) is 18.2 Å². The van der Waals surface area contributed by atoms with E-state index in [9.17, 15) is 29.3 Å². The summed E-state index contributed by atoms with van der Waals surface area (Å²) < 4.78 is 10.2. The molecule has 2 fully saturated rings. The smallest absolute Gasteiger partial charge is 0.345 e. The van der Waals surface area contributed by atoms with Gasteiger partial charge < -0.3 is 19.3 Å². The average Bonchev–Trinajstić information content (AvgIpc) is 3.35. The van der Waals surface area contributed by atoms with E-state index in [-0.39, 0.29) is 49.2 Å². The number of esters is 2. The number of hydrogen-bond donors (Lipinski definition) is 0. The van der Waals surface area contributed by atoms with Crippen molar-refractivity contribution in [2.45, 2.75) is 25.7 Å². The molecule has 3 rings (SSSR count). The van der Waals surface area contributed by atoms with Crippen LogP contribution in [-0.4, -0.2) is 77.9 Å². The monoisotopic (exact) mass is 433 g/mol. The summed E-state index contributed by atoms with van der Waals surface area (Å²) in [5.74, 6) is -1.71. The first kappa shape index (κ1) is 22.2. The van der Waals surface area contributed by atoms with Crippen LogP contribution in [0.2, 0.25) is 0 Å². The van der Waals surface area contributed by atoms with E-state index < -0.39 is 22.5 Å². The van der Waals surface area contributed by atoms with Crippen molar-refractivity contribution in [1.29, 1.82) is 0 Å². The Hall–Kier alpha value is -3.50. The van der Waals surface area contributed by atoms with E-state index in [2.05, 4.69) is 0 Å². The molecule has 2 amide bonds. The summed E-state index contributed by atoms with van der Waals surface area (Å²) in [6.45, 7) is 1.58. The third-order valence-corrected chi connectivity index (χ3v) is 5.18. The molecule has 0 saturated carbocycles. The van der Waals surface area contributed by atoms with Gasteiger partial charge >= 0.3 is 11.9 Å². The van der Waals surface area contributed by atoms with Gasteiger partial charge in [-0.1, -0.05) is 0 Å². The lowest BCUT2D eigenvalue weighted by Gasteiger charge is -2.15. The second-order valence-corrected chi connectivity index (χ2v) is 7.23. The molecule has 2 aliphatic rings. The molecule has 0 radical (unpaired) electrons. The first-order valence-electron chi connectivity index (χ1n) is 10.0. The van der Waals surface area contributed by atoms with Crippen LogP contribution in [0.1, 0.15) is 46.4 Å². The van der Waals surface area contributed by atoms with Gasteiger partial charge in [-0.2, -0.15) is 0 Å². The Kier molecular flexibility index (Phi) is 7.16. The predicted octanol–water partition coefficient (Wildman–Crippen LogP) is 1.15. The summed E-state index contributed by atoms with van der Waals surface area (Å²) in [7, 11) is 0. The largest absolute Gasteiger partial charge is 0.460 e. The molecular formula is C20H23N3O8. The molecule has 0 aromatic heterocycles. The number of rotatable bonds is 9. The molecule has 166 valence electrons. The zero-order chi connectivity index (χ0) is 22.4. The maximum atomic E-state index is 12.3. The minimum Gasteiger partial charge on any atom is -0.460 e. The number of ether oxygens (including phenoxy) is 2. The Morgan fingerprint density at radius 3 is 1.97 bits per heavy atom. The van der Waals surface area contributed by atoms with Crippen LogP contribution < -0.4 is 0 Å². The quantitative estimate of drug-likeness (QED) is 0.321. The van der Waals surface area contributed by atoms with Crippen LogP contribution >= 0.6 is 0 Å². The minimum atomic E-state index is -0.911. The van der Waals surface area contributed by atoms with Crippen LogP contribution in [-0.2, 0) is 19.1 Å². The van der Waals surface area contributed by atoms with Crippen LogP contribution in [0, 0.1) is 10.1 Å². The third kappa shape index (κ3) is 5.56. The number of hydrogen-bond acceptors (Lipinski definition) is 8. The molecule has 0 bridgehead atoms. The molecule has 0 N–H and O–H groups in total. The molecule has 2 saturated heterocycles. The van der Waals surface area contributed by atoms with Gasteiger partial charge in [-0.05, 0) is 25.0 Å². The van der Waals surface area contributed by atoms with E-state index in [1.54, 1.807) is 9.80 Å². The molecule has 0 atom stereocenters. The first-order chi connectivity index (χ1) is 14.9. The van der Waals surface area contributed by atoms with Crippen molar-refractivity contribution in [1.82, 2.24) is 9.80 Å². The third-order valence-electron chi connectivity index (χ3n) is 5.18. The van der Waals surface area contributed by atoms with Crippen LogP contribution in [0.5, 0.6) is 0 Å². The molecule has 31 heavy (non-hydrogen) atoms. The van der Waals surface area contributed by atoms with E-state index in [0.717, 1.165) is 25.0 Å². The molecule has 1 aromatic carbocycles. The van der Waals surface area contributed by atoms with Crippen molar-refractivity contribution in [3.05, 3.63) is 39.4 Å². The Balaban J connectivity index is 1.57. The van der Waals surface area contributed by atoms with Crippen LogP contribution in [0.3, 0.4) is 0 Å². The molecular weight excluding hydrogens is 410 g/mol. The molecule has 1 aromatic rings. The number of amides is 2. The van der Waals surface area contributed by atoms with E-state index in [1.807, 2.05) is 0 Å². The highest BCUT2D eigenvalue weighted by Crippen LogP contribution is 2.22. The first-order valence-corrected chi connectivity index (χ1v) is 10.0. The number of carbonyl (C=O) groups excluding carboxylic acids is 4. The lowest BCUT2D eigenvalue weighted by molar-refractivity contribution is -0.385. The number of nitrogens with zero attached hydrogens (tertiary/aromatic N) is 3. The lowest BCUT2D eigenvalue weighted by Crippen LogP contribution is -2.29. The van der Waals surface area contributed by atoms with E-state index in [0.29, 0.717) is 25.9 Å². The van der Waals surface area contributed by atoms with Crippen LogP contribution in [0.25, 0.3) is 0 Å².